The fourth-order valence-corrected chi connectivity index (χ4v) is 2.42. The van der Waals surface area contributed by atoms with Crippen LogP contribution in [0.3, 0.4) is 0 Å². The zero-order valence-corrected chi connectivity index (χ0v) is 10.9. The lowest BCUT2D eigenvalue weighted by Gasteiger charge is -2.20. The summed E-state index contributed by atoms with van der Waals surface area (Å²) in [6.07, 6.45) is 2.80. The van der Waals surface area contributed by atoms with Crippen LogP contribution < -0.4 is 5.32 Å². The maximum absolute atomic E-state index is 3.66. The van der Waals surface area contributed by atoms with Gasteiger partial charge in [0.05, 0.1) is 0 Å². The fraction of sp³-hybridized carbons (Fsp3) is 0.538. The highest BCUT2D eigenvalue weighted by Gasteiger charge is 2.28. The van der Waals surface area contributed by atoms with Gasteiger partial charge in [0.1, 0.15) is 0 Å². The third kappa shape index (κ3) is 3.05. The molecule has 82 valence electrons. The Morgan fingerprint density at radius 2 is 2.07 bits per heavy atom. The molecule has 0 heterocycles. The van der Waals surface area contributed by atoms with Crippen molar-refractivity contribution in [3.63, 3.8) is 0 Å². The van der Waals surface area contributed by atoms with E-state index < -0.39 is 0 Å². The molecular formula is C13H18BrN. The molecule has 1 aliphatic carbocycles. The average molecular weight is 268 g/mol. The van der Waals surface area contributed by atoms with E-state index in [-0.39, 0.29) is 0 Å². The maximum Gasteiger partial charge on any atom is 0.0294 e. The molecule has 2 atom stereocenters. The first kappa shape index (κ1) is 11.2. The molecule has 15 heavy (non-hydrogen) atoms. The van der Waals surface area contributed by atoms with Crippen LogP contribution in [0, 0.1) is 5.92 Å². The molecule has 1 aromatic carbocycles. The molecule has 2 rings (SSSR count). The van der Waals surface area contributed by atoms with Crippen molar-refractivity contribution in [2.45, 2.75) is 38.8 Å². The van der Waals surface area contributed by atoms with E-state index in [0.29, 0.717) is 12.1 Å². The van der Waals surface area contributed by atoms with Crippen molar-refractivity contribution in [3.8, 4) is 0 Å². The molecule has 0 bridgehead atoms. The lowest BCUT2D eigenvalue weighted by molar-refractivity contribution is 0.441. The van der Waals surface area contributed by atoms with Gasteiger partial charge in [-0.25, -0.2) is 0 Å². The molecule has 1 N–H and O–H groups in total. The van der Waals surface area contributed by atoms with Gasteiger partial charge in [-0.1, -0.05) is 28.1 Å². The highest BCUT2D eigenvalue weighted by molar-refractivity contribution is 9.10. The molecule has 0 spiro atoms. The summed E-state index contributed by atoms with van der Waals surface area (Å²) in [7, 11) is 0. The molecule has 0 radical (unpaired) electrons. The lowest BCUT2D eigenvalue weighted by atomic mass is 10.1. The molecule has 0 amide bonds. The molecule has 1 saturated carbocycles. The second-order valence-electron chi connectivity index (χ2n) is 4.57. The largest absolute Gasteiger partial charge is 0.307 e. The van der Waals surface area contributed by atoms with Crippen LogP contribution in [0.4, 0.5) is 0 Å². The Hall–Kier alpha value is -0.340. The van der Waals surface area contributed by atoms with Gasteiger partial charge in [0.15, 0.2) is 0 Å². The summed E-state index contributed by atoms with van der Waals surface area (Å²) in [5, 5.41) is 3.66. The van der Waals surface area contributed by atoms with Gasteiger partial charge in [-0.3, -0.25) is 0 Å². The van der Waals surface area contributed by atoms with E-state index in [1.807, 2.05) is 0 Å². The highest BCUT2D eigenvalue weighted by Crippen LogP contribution is 2.33. The predicted octanol–water partition coefficient (Wildman–Crippen LogP) is 3.90. The molecule has 1 fully saturated rings. The smallest absolute Gasteiger partial charge is 0.0294 e. The minimum absolute atomic E-state index is 0.443. The van der Waals surface area contributed by atoms with E-state index in [0.717, 1.165) is 10.4 Å². The summed E-state index contributed by atoms with van der Waals surface area (Å²) < 4.78 is 1.16. The van der Waals surface area contributed by atoms with E-state index in [4.69, 9.17) is 0 Å². The summed E-state index contributed by atoms with van der Waals surface area (Å²) in [4.78, 5) is 0. The van der Waals surface area contributed by atoms with Crippen molar-refractivity contribution in [2.24, 2.45) is 5.92 Å². The molecule has 1 nitrogen and oxygen atoms in total. The third-order valence-electron chi connectivity index (χ3n) is 3.19. The standard InChI is InChI=1S/C13H18BrN/c1-9(11-6-7-11)15-10(2)12-4-3-5-13(14)8-12/h3-5,8-11,15H,6-7H2,1-2H3/t9-,10+/m0/s1. The monoisotopic (exact) mass is 267 g/mol. The van der Waals surface area contributed by atoms with Crippen molar-refractivity contribution < 1.29 is 0 Å². The normalized spacial score (nSPS) is 19.9. The first-order valence-corrected chi connectivity index (χ1v) is 6.47. The summed E-state index contributed by atoms with van der Waals surface area (Å²) >= 11 is 3.51. The van der Waals surface area contributed by atoms with Crippen LogP contribution in [0.15, 0.2) is 28.7 Å². The van der Waals surface area contributed by atoms with Gasteiger partial charge >= 0.3 is 0 Å². The van der Waals surface area contributed by atoms with Gasteiger partial charge < -0.3 is 5.32 Å². The molecule has 0 aliphatic heterocycles. The van der Waals surface area contributed by atoms with Gasteiger partial charge in [-0.05, 0) is 50.3 Å². The SMILES string of the molecule is C[C@H](N[C@H](C)c1cccc(Br)c1)C1CC1. The van der Waals surface area contributed by atoms with Crippen LogP contribution >= 0.6 is 15.9 Å². The van der Waals surface area contributed by atoms with E-state index in [1.165, 1.54) is 18.4 Å². The second kappa shape index (κ2) is 4.67. The minimum Gasteiger partial charge on any atom is -0.307 e. The van der Waals surface area contributed by atoms with Crippen LogP contribution in [-0.4, -0.2) is 6.04 Å². The zero-order chi connectivity index (χ0) is 10.8. The topological polar surface area (TPSA) is 12.0 Å². The maximum atomic E-state index is 3.66. The zero-order valence-electron chi connectivity index (χ0n) is 9.33. The summed E-state index contributed by atoms with van der Waals surface area (Å²) in [5.74, 6) is 0.916. The van der Waals surface area contributed by atoms with Gasteiger partial charge in [0.25, 0.3) is 0 Å². The molecule has 1 aromatic rings. The van der Waals surface area contributed by atoms with Crippen molar-refractivity contribution >= 4 is 15.9 Å². The van der Waals surface area contributed by atoms with Gasteiger partial charge in [-0.15, -0.1) is 0 Å². The van der Waals surface area contributed by atoms with Crippen LogP contribution in [0.25, 0.3) is 0 Å². The van der Waals surface area contributed by atoms with Crippen LogP contribution in [0.5, 0.6) is 0 Å². The molecule has 0 saturated heterocycles. The van der Waals surface area contributed by atoms with Crippen LogP contribution in [0.2, 0.25) is 0 Å². The lowest BCUT2D eigenvalue weighted by Crippen LogP contribution is -2.30. The minimum atomic E-state index is 0.443. The third-order valence-corrected chi connectivity index (χ3v) is 3.68. The van der Waals surface area contributed by atoms with Crippen molar-refractivity contribution in [3.05, 3.63) is 34.3 Å². The molecule has 1 aliphatic rings. The number of nitrogens with one attached hydrogen (secondary N) is 1. The van der Waals surface area contributed by atoms with E-state index in [1.54, 1.807) is 0 Å². The molecule has 0 unspecified atom stereocenters. The highest BCUT2D eigenvalue weighted by atomic mass is 79.9. The first-order chi connectivity index (χ1) is 7.16. The number of rotatable bonds is 4. The number of hydrogen-bond acceptors (Lipinski definition) is 1. The summed E-state index contributed by atoms with van der Waals surface area (Å²) in [6.45, 7) is 4.53. The fourth-order valence-electron chi connectivity index (χ4n) is 2.00. The van der Waals surface area contributed by atoms with Gasteiger partial charge in [0.2, 0.25) is 0 Å². The number of halogens is 1. The molecule has 0 aromatic heterocycles. The predicted molar refractivity (Wildman–Crippen MR) is 67.9 cm³/mol. The molecule has 2 heteroatoms. The van der Waals surface area contributed by atoms with Crippen molar-refractivity contribution in [1.82, 2.24) is 5.32 Å². The Morgan fingerprint density at radius 3 is 2.67 bits per heavy atom. The van der Waals surface area contributed by atoms with E-state index >= 15 is 0 Å². The van der Waals surface area contributed by atoms with Crippen LogP contribution in [0.1, 0.15) is 38.3 Å². The van der Waals surface area contributed by atoms with Crippen molar-refractivity contribution in [1.29, 1.82) is 0 Å². The molecular weight excluding hydrogens is 250 g/mol. The van der Waals surface area contributed by atoms with E-state index in [2.05, 4.69) is 59.4 Å². The first-order valence-electron chi connectivity index (χ1n) is 5.68. The Bertz CT molecular complexity index is 333. The summed E-state index contributed by atoms with van der Waals surface area (Å²) in [5.41, 5.74) is 1.36. The Morgan fingerprint density at radius 1 is 1.33 bits per heavy atom. The quantitative estimate of drug-likeness (QED) is 0.873. The number of hydrogen-bond donors (Lipinski definition) is 1. The second-order valence-corrected chi connectivity index (χ2v) is 5.49. The Labute approximate surface area is 100 Å². The van der Waals surface area contributed by atoms with E-state index in [9.17, 15) is 0 Å². The summed E-state index contributed by atoms with van der Waals surface area (Å²) in [6, 6.07) is 9.64. The Balaban J connectivity index is 1.97. The Kier molecular flexibility index (Phi) is 3.47. The van der Waals surface area contributed by atoms with Gasteiger partial charge in [0, 0.05) is 16.6 Å². The van der Waals surface area contributed by atoms with Crippen LogP contribution in [-0.2, 0) is 0 Å². The number of benzene rings is 1. The average Bonchev–Trinajstić information content (AvgIpc) is 3.00. The van der Waals surface area contributed by atoms with Crippen molar-refractivity contribution in [2.75, 3.05) is 0 Å². The van der Waals surface area contributed by atoms with Gasteiger partial charge in [-0.2, -0.15) is 0 Å².